The molecule has 0 aliphatic carbocycles. The molecule has 1 aromatic rings. The Morgan fingerprint density at radius 3 is 2.87 bits per heavy atom. The molecular formula is C11H10N2OS. The summed E-state index contributed by atoms with van der Waals surface area (Å²) in [6, 6.07) is 0. The van der Waals surface area contributed by atoms with E-state index in [0.29, 0.717) is 0 Å². The first-order valence-electron chi connectivity index (χ1n) is 4.25. The van der Waals surface area contributed by atoms with Crippen LogP contribution in [0.2, 0.25) is 0 Å². The zero-order valence-corrected chi connectivity index (χ0v) is 9.35. The van der Waals surface area contributed by atoms with Gasteiger partial charge in [-0.1, -0.05) is 17.7 Å². The summed E-state index contributed by atoms with van der Waals surface area (Å²) >= 11 is 1.49. The minimum Gasteiger partial charge on any atom is -0.384 e. The van der Waals surface area contributed by atoms with Gasteiger partial charge in [0.2, 0.25) is 0 Å². The zero-order chi connectivity index (χ0) is 11.1. The van der Waals surface area contributed by atoms with E-state index < -0.39 is 0 Å². The maximum absolute atomic E-state index is 8.42. The average Bonchev–Trinajstić information content (AvgIpc) is 2.26. The van der Waals surface area contributed by atoms with Crippen LogP contribution in [0.4, 0.5) is 0 Å². The highest BCUT2D eigenvalue weighted by Crippen LogP contribution is 2.10. The Morgan fingerprint density at radius 1 is 1.47 bits per heavy atom. The van der Waals surface area contributed by atoms with Gasteiger partial charge in [0, 0.05) is 6.20 Å². The van der Waals surface area contributed by atoms with Crippen molar-refractivity contribution in [3.8, 4) is 23.7 Å². The van der Waals surface area contributed by atoms with Crippen molar-refractivity contribution >= 4 is 11.8 Å². The molecule has 0 amide bonds. The Hall–Kier alpha value is -1.49. The SMILES string of the molecule is CSc1ncc(C#CC#CCO)c(C)n1. The molecule has 76 valence electrons. The summed E-state index contributed by atoms with van der Waals surface area (Å²) in [5.41, 5.74) is 1.60. The van der Waals surface area contributed by atoms with Gasteiger partial charge in [-0.15, -0.1) is 0 Å². The highest BCUT2D eigenvalue weighted by atomic mass is 32.2. The highest BCUT2D eigenvalue weighted by Gasteiger charge is 1.98. The van der Waals surface area contributed by atoms with Gasteiger partial charge in [-0.25, -0.2) is 9.97 Å². The van der Waals surface area contributed by atoms with Gasteiger partial charge in [-0.3, -0.25) is 0 Å². The van der Waals surface area contributed by atoms with Crippen LogP contribution in [0.1, 0.15) is 11.3 Å². The predicted molar refractivity (Wildman–Crippen MR) is 60.3 cm³/mol. The molecule has 0 fully saturated rings. The topological polar surface area (TPSA) is 46.0 Å². The second-order valence-electron chi connectivity index (χ2n) is 2.57. The molecule has 4 heteroatoms. The molecule has 0 bridgehead atoms. The van der Waals surface area contributed by atoms with E-state index in [4.69, 9.17) is 5.11 Å². The van der Waals surface area contributed by atoms with Crippen LogP contribution in [0, 0.1) is 30.6 Å². The third-order valence-corrected chi connectivity index (χ3v) is 2.13. The summed E-state index contributed by atoms with van der Waals surface area (Å²) in [4.78, 5) is 8.35. The predicted octanol–water partition coefficient (Wildman–Crippen LogP) is 0.854. The normalized spacial score (nSPS) is 8.47. The van der Waals surface area contributed by atoms with Gasteiger partial charge in [-0.05, 0) is 30.9 Å². The molecule has 1 N–H and O–H groups in total. The van der Waals surface area contributed by atoms with E-state index in [1.807, 2.05) is 13.2 Å². The van der Waals surface area contributed by atoms with Crippen LogP contribution < -0.4 is 0 Å². The van der Waals surface area contributed by atoms with Crippen LogP contribution in [0.15, 0.2) is 11.4 Å². The fraction of sp³-hybridized carbons (Fsp3) is 0.273. The average molecular weight is 218 g/mol. The van der Waals surface area contributed by atoms with E-state index in [0.717, 1.165) is 16.4 Å². The van der Waals surface area contributed by atoms with Crippen molar-refractivity contribution < 1.29 is 5.11 Å². The second kappa shape index (κ2) is 6.08. The molecule has 1 rings (SSSR count). The van der Waals surface area contributed by atoms with Crippen LogP contribution in [0.25, 0.3) is 0 Å². The van der Waals surface area contributed by atoms with Crippen LogP contribution >= 0.6 is 11.8 Å². The van der Waals surface area contributed by atoms with E-state index >= 15 is 0 Å². The summed E-state index contributed by atoms with van der Waals surface area (Å²) < 4.78 is 0. The quantitative estimate of drug-likeness (QED) is 0.431. The van der Waals surface area contributed by atoms with Gasteiger partial charge in [0.25, 0.3) is 0 Å². The van der Waals surface area contributed by atoms with Crippen molar-refractivity contribution in [2.45, 2.75) is 12.1 Å². The van der Waals surface area contributed by atoms with Gasteiger partial charge in [0.05, 0.1) is 11.3 Å². The van der Waals surface area contributed by atoms with Gasteiger partial charge in [-0.2, -0.15) is 0 Å². The summed E-state index contributed by atoms with van der Waals surface area (Å²) in [6.45, 7) is 1.71. The second-order valence-corrected chi connectivity index (χ2v) is 3.34. The van der Waals surface area contributed by atoms with Crippen LogP contribution in [-0.4, -0.2) is 27.9 Å². The monoisotopic (exact) mass is 218 g/mol. The molecule has 0 aliphatic heterocycles. The number of hydrogen-bond acceptors (Lipinski definition) is 4. The maximum Gasteiger partial charge on any atom is 0.187 e. The Bertz CT molecular complexity index is 463. The minimum absolute atomic E-state index is 0.171. The number of thioether (sulfide) groups is 1. The molecule has 0 radical (unpaired) electrons. The van der Waals surface area contributed by atoms with Crippen LogP contribution in [-0.2, 0) is 0 Å². The zero-order valence-electron chi connectivity index (χ0n) is 8.53. The number of aryl methyl sites for hydroxylation is 1. The van der Waals surface area contributed by atoms with E-state index in [1.54, 1.807) is 6.20 Å². The third kappa shape index (κ3) is 3.63. The first-order valence-corrected chi connectivity index (χ1v) is 5.47. The van der Waals surface area contributed by atoms with E-state index in [-0.39, 0.29) is 6.61 Å². The van der Waals surface area contributed by atoms with Crippen molar-refractivity contribution in [1.29, 1.82) is 0 Å². The Balaban J connectivity index is 2.90. The van der Waals surface area contributed by atoms with Crippen molar-refractivity contribution in [3.63, 3.8) is 0 Å². The van der Waals surface area contributed by atoms with E-state index in [2.05, 4.69) is 33.6 Å². The van der Waals surface area contributed by atoms with E-state index in [9.17, 15) is 0 Å². The lowest BCUT2D eigenvalue weighted by Gasteiger charge is -1.98. The van der Waals surface area contributed by atoms with Gasteiger partial charge >= 0.3 is 0 Å². The number of aliphatic hydroxyl groups is 1. The van der Waals surface area contributed by atoms with Crippen LogP contribution in [0.3, 0.4) is 0 Å². The molecule has 1 heterocycles. The molecule has 0 aromatic carbocycles. The number of aromatic nitrogens is 2. The lowest BCUT2D eigenvalue weighted by Crippen LogP contribution is -1.92. The minimum atomic E-state index is -0.171. The molecule has 0 aliphatic rings. The molecule has 1 aromatic heterocycles. The first-order chi connectivity index (χ1) is 7.27. The fourth-order valence-electron chi connectivity index (χ4n) is 0.849. The fourth-order valence-corrected chi connectivity index (χ4v) is 1.24. The number of rotatable bonds is 1. The van der Waals surface area contributed by atoms with Gasteiger partial charge < -0.3 is 5.11 Å². The molecule has 0 unspecified atom stereocenters. The van der Waals surface area contributed by atoms with Gasteiger partial charge in [0.15, 0.2) is 5.16 Å². The molecular weight excluding hydrogens is 208 g/mol. The smallest absolute Gasteiger partial charge is 0.187 e. The van der Waals surface area contributed by atoms with Gasteiger partial charge in [0.1, 0.15) is 6.61 Å². The van der Waals surface area contributed by atoms with Crippen molar-refractivity contribution in [1.82, 2.24) is 9.97 Å². The molecule has 0 atom stereocenters. The highest BCUT2D eigenvalue weighted by molar-refractivity contribution is 7.98. The van der Waals surface area contributed by atoms with Crippen molar-refractivity contribution in [2.75, 3.05) is 12.9 Å². The Labute approximate surface area is 93.3 Å². The van der Waals surface area contributed by atoms with E-state index in [1.165, 1.54) is 11.8 Å². The standard InChI is InChI=1S/C11H10N2OS/c1-9-10(6-4-3-5-7-14)8-12-11(13-9)15-2/h8,14H,7H2,1-2H3. The van der Waals surface area contributed by atoms with Crippen molar-refractivity contribution in [2.24, 2.45) is 0 Å². The Kier molecular flexibility index (Phi) is 4.70. The third-order valence-electron chi connectivity index (χ3n) is 1.57. The molecule has 3 nitrogen and oxygen atoms in total. The number of hydrogen-bond donors (Lipinski definition) is 1. The number of nitrogens with zero attached hydrogens (tertiary/aromatic N) is 2. The largest absolute Gasteiger partial charge is 0.384 e. The molecule has 0 saturated heterocycles. The molecule has 15 heavy (non-hydrogen) atoms. The summed E-state index contributed by atoms with van der Waals surface area (Å²) in [6.07, 6.45) is 3.61. The molecule has 0 spiro atoms. The lowest BCUT2D eigenvalue weighted by molar-refractivity contribution is 0.350. The molecule has 0 saturated carbocycles. The first kappa shape index (κ1) is 11.6. The maximum atomic E-state index is 8.42. The number of aliphatic hydroxyl groups excluding tert-OH is 1. The summed E-state index contributed by atoms with van der Waals surface area (Å²) in [7, 11) is 0. The summed E-state index contributed by atoms with van der Waals surface area (Å²) in [5.74, 6) is 10.4. The van der Waals surface area contributed by atoms with Crippen LogP contribution in [0.5, 0.6) is 0 Å². The summed E-state index contributed by atoms with van der Waals surface area (Å²) in [5, 5.41) is 9.15. The Morgan fingerprint density at radius 2 is 2.27 bits per heavy atom. The van der Waals surface area contributed by atoms with Crippen molar-refractivity contribution in [3.05, 3.63) is 17.5 Å². The lowest BCUT2D eigenvalue weighted by atomic mass is 10.2.